The van der Waals surface area contributed by atoms with E-state index in [-0.39, 0.29) is 37.8 Å². The maximum absolute atomic E-state index is 12.2. The summed E-state index contributed by atoms with van der Waals surface area (Å²) in [6.45, 7) is 3.60. The number of hydrogen-bond acceptors (Lipinski definition) is 10. The van der Waals surface area contributed by atoms with Gasteiger partial charge in [-0.05, 0) is 6.08 Å². The van der Waals surface area contributed by atoms with Gasteiger partial charge in [-0.2, -0.15) is 0 Å². The number of allylic oxidation sites excluding steroid dienone is 1. The second-order valence-electron chi connectivity index (χ2n) is 7.67. The second kappa shape index (κ2) is 13.4. The van der Waals surface area contributed by atoms with Gasteiger partial charge in [0, 0.05) is 36.8 Å². The smallest absolute Gasteiger partial charge is 0.478 e. The molecular weight excluding hydrogens is 460 g/mol. The Hall–Kier alpha value is -3.22. The van der Waals surface area contributed by atoms with Crippen LogP contribution in [0.5, 0.6) is 0 Å². The van der Waals surface area contributed by atoms with Crippen molar-refractivity contribution >= 4 is 52.4 Å². The van der Waals surface area contributed by atoms with Crippen molar-refractivity contribution in [1.29, 1.82) is 0 Å². The second-order valence-corrected chi connectivity index (χ2v) is 8.82. The minimum atomic E-state index is -1.32. The molecule has 0 bridgehead atoms. The third-order valence-electron chi connectivity index (χ3n) is 4.19. The average Bonchev–Trinajstić information content (AvgIpc) is 2.71. The molecule has 3 N–H and O–H groups in total. The third kappa shape index (κ3) is 11.3. The first kappa shape index (κ1) is 27.8. The first-order chi connectivity index (χ1) is 15.4. The van der Waals surface area contributed by atoms with Crippen LogP contribution >= 0.6 is 11.8 Å². The lowest BCUT2D eigenvalue weighted by atomic mass is 9.86. The molecule has 0 aromatic heterocycles. The lowest BCUT2D eigenvalue weighted by Crippen LogP contribution is -2.52. The SMILES string of the molecule is CC1(C)COC(=O)O[C@H]1C(=O)NCCC(=O)NCCSC(=O)CC(=O)CC(=O)/C=C/C(=O)O. The van der Waals surface area contributed by atoms with Crippen molar-refractivity contribution < 1.29 is 48.1 Å². The van der Waals surface area contributed by atoms with E-state index < -0.39 is 59.1 Å². The summed E-state index contributed by atoms with van der Waals surface area (Å²) >= 11 is 0.812. The lowest BCUT2D eigenvalue weighted by Gasteiger charge is -2.35. The van der Waals surface area contributed by atoms with Crippen molar-refractivity contribution in [2.75, 3.05) is 25.4 Å². The van der Waals surface area contributed by atoms with Crippen LogP contribution in [0.1, 0.15) is 33.1 Å². The van der Waals surface area contributed by atoms with Gasteiger partial charge in [0.2, 0.25) is 5.91 Å². The molecule has 0 spiro atoms. The standard InChI is InChI=1S/C20H26N2O10S/c1-20(2)11-31-19(30)32-17(20)18(29)22-6-5-14(25)21-7-8-33-16(28)10-13(24)9-12(23)3-4-15(26)27/h3-4,17H,5-11H2,1-2H3,(H,21,25)(H,22,29)(H,26,27)/b4-3+/t17-/m0/s1. The van der Waals surface area contributed by atoms with Crippen molar-refractivity contribution in [3.05, 3.63) is 12.2 Å². The van der Waals surface area contributed by atoms with Gasteiger partial charge in [0.05, 0.1) is 12.8 Å². The highest BCUT2D eigenvalue weighted by Gasteiger charge is 2.43. The van der Waals surface area contributed by atoms with Gasteiger partial charge < -0.3 is 25.2 Å². The Morgan fingerprint density at radius 1 is 1.09 bits per heavy atom. The fourth-order valence-corrected chi connectivity index (χ4v) is 3.24. The number of carboxylic acids is 1. The Kier molecular flexibility index (Phi) is 11.3. The molecule has 1 rings (SSSR count). The highest BCUT2D eigenvalue weighted by molar-refractivity contribution is 8.13. The summed E-state index contributed by atoms with van der Waals surface area (Å²) in [4.78, 5) is 80.3. The molecule has 2 amide bonds. The predicted molar refractivity (Wildman–Crippen MR) is 114 cm³/mol. The molecule has 0 aliphatic carbocycles. The van der Waals surface area contributed by atoms with Crippen molar-refractivity contribution in [2.45, 2.75) is 39.2 Å². The summed E-state index contributed by atoms with van der Waals surface area (Å²) in [5, 5.41) is 13.0. The summed E-state index contributed by atoms with van der Waals surface area (Å²) < 4.78 is 9.67. The summed E-state index contributed by atoms with van der Waals surface area (Å²) in [5.41, 5.74) is -0.714. The van der Waals surface area contributed by atoms with E-state index in [1.165, 1.54) is 0 Å². The topological polar surface area (TPSA) is 182 Å². The molecule has 1 fully saturated rings. The van der Waals surface area contributed by atoms with E-state index >= 15 is 0 Å². The Morgan fingerprint density at radius 2 is 1.79 bits per heavy atom. The monoisotopic (exact) mass is 486 g/mol. The first-order valence-electron chi connectivity index (χ1n) is 9.89. The van der Waals surface area contributed by atoms with Gasteiger partial charge in [-0.15, -0.1) is 0 Å². The molecule has 0 aromatic rings. The minimum Gasteiger partial charge on any atom is -0.478 e. The first-order valence-corrected chi connectivity index (χ1v) is 10.9. The maximum atomic E-state index is 12.2. The largest absolute Gasteiger partial charge is 0.509 e. The van der Waals surface area contributed by atoms with E-state index in [4.69, 9.17) is 14.6 Å². The van der Waals surface area contributed by atoms with E-state index in [2.05, 4.69) is 10.6 Å². The fourth-order valence-electron chi connectivity index (χ4n) is 2.55. The average molecular weight is 486 g/mol. The van der Waals surface area contributed by atoms with Crippen molar-refractivity contribution in [2.24, 2.45) is 5.41 Å². The van der Waals surface area contributed by atoms with Crippen molar-refractivity contribution in [3.63, 3.8) is 0 Å². The number of ether oxygens (including phenoxy) is 2. The molecule has 1 aliphatic rings. The van der Waals surface area contributed by atoms with Crippen LogP contribution in [-0.2, 0) is 38.2 Å². The van der Waals surface area contributed by atoms with Gasteiger partial charge in [-0.1, -0.05) is 25.6 Å². The van der Waals surface area contributed by atoms with Crippen LogP contribution in [0.2, 0.25) is 0 Å². The normalized spacial score (nSPS) is 16.9. The van der Waals surface area contributed by atoms with Crippen LogP contribution < -0.4 is 10.6 Å². The van der Waals surface area contributed by atoms with Gasteiger partial charge in [0.1, 0.15) is 12.4 Å². The Balaban J connectivity index is 2.19. The lowest BCUT2D eigenvalue weighted by molar-refractivity contribution is -0.149. The summed E-state index contributed by atoms with van der Waals surface area (Å²) in [7, 11) is 0. The van der Waals surface area contributed by atoms with Crippen LogP contribution in [0.25, 0.3) is 0 Å². The number of nitrogens with one attached hydrogen (secondary N) is 2. The number of carbonyl (C=O) groups is 7. The Bertz CT molecular complexity index is 837. The van der Waals surface area contributed by atoms with Gasteiger partial charge in [0.25, 0.3) is 5.91 Å². The van der Waals surface area contributed by atoms with Crippen LogP contribution in [0, 0.1) is 5.41 Å². The summed E-state index contributed by atoms with van der Waals surface area (Å²) in [6.07, 6.45) is -1.68. The van der Waals surface area contributed by atoms with E-state index in [1.54, 1.807) is 13.8 Å². The number of thioether (sulfide) groups is 1. The number of aliphatic carboxylic acids is 1. The van der Waals surface area contributed by atoms with Gasteiger partial charge in [-0.3, -0.25) is 24.0 Å². The molecule has 0 unspecified atom stereocenters. The number of carboxylic acid groups (broad SMARTS) is 1. The van der Waals surface area contributed by atoms with E-state index in [9.17, 15) is 33.6 Å². The van der Waals surface area contributed by atoms with Gasteiger partial charge in [0.15, 0.2) is 17.0 Å². The number of carbonyl (C=O) groups excluding carboxylic acids is 6. The van der Waals surface area contributed by atoms with E-state index in [1.807, 2.05) is 0 Å². The Morgan fingerprint density at radius 3 is 2.45 bits per heavy atom. The molecular formula is C20H26N2O10S. The molecule has 1 aliphatic heterocycles. The maximum Gasteiger partial charge on any atom is 0.509 e. The molecule has 0 radical (unpaired) electrons. The van der Waals surface area contributed by atoms with Crippen LogP contribution in [0.4, 0.5) is 4.79 Å². The number of Topliss-reactive ketones (excluding diaryl/α,β-unsaturated/α-hetero) is 1. The molecule has 1 atom stereocenters. The van der Waals surface area contributed by atoms with Crippen molar-refractivity contribution in [1.82, 2.24) is 10.6 Å². The highest BCUT2D eigenvalue weighted by atomic mass is 32.2. The minimum absolute atomic E-state index is 0.0145. The quantitative estimate of drug-likeness (QED) is 0.138. The molecule has 0 saturated carbocycles. The van der Waals surface area contributed by atoms with Crippen LogP contribution in [-0.4, -0.2) is 77.3 Å². The third-order valence-corrected chi connectivity index (χ3v) is 5.06. The van der Waals surface area contributed by atoms with Crippen LogP contribution in [0.3, 0.4) is 0 Å². The number of cyclic esters (lactones) is 2. The Labute approximate surface area is 193 Å². The number of rotatable bonds is 13. The molecule has 1 heterocycles. The zero-order chi connectivity index (χ0) is 25.0. The molecule has 0 aromatic carbocycles. The number of amides is 2. The molecule has 1 saturated heterocycles. The molecule has 182 valence electrons. The summed E-state index contributed by atoms with van der Waals surface area (Å²) in [6, 6.07) is 0. The van der Waals surface area contributed by atoms with E-state index in [0.717, 1.165) is 17.8 Å². The highest BCUT2D eigenvalue weighted by Crippen LogP contribution is 2.28. The molecule has 12 nitrogen and oxygen atoms in total. The zero-order valence-electron chi connectivity index (χ0n) is 18.2. The van der Waals surface area contributed by atoms with Crippen molar-refractivity contribution in [3.8, 4) is 0 Å². The fraction of sp³-hybridized carbons (Fsp3) is 0.550. The summed E-state index contributed by atoms with van der Waals surface area (Å²) in [5.74, 6) is -3.38. The van der Waals surface area contributed by atoms with Gasteiger partial charge in [-0.25, -0.2) is 9.59 Å². The molecule has 13 heteroatoms. The van der Waals surface area contributed by atoms with Gasteiger partial charge >= 0.3 is 12.1 Å². The predicted octanol–water partition coefficient (Wildman–Crippen LogP) is -0.0105. The van der Waals surface area contributed by atoms with Crippen LogP contribution in [0.15, 0.2) is 12.2 Å². The number of hydrogen-bond donors (Lipinski definition) is 3. The zero-order valence-corrected chi connectivity index (χ0v) is 19.0. The molecule has 33 heavy (non-hydrogen) atoms. The number of ketones is 2. The van der Waals surface area contributed by atoms with E-state index in [0.29, 0.717) is 6.08 Å².